The molecule has 8 nitrogen and oxygen atoms in total. The second-order valence-electron chi connectivity index (χ2n) is 5.10. The highest BCUT2D eigenvalue weighted by atomic mass is 16.2. The van der Waals surface area contributed by atoms with E-state index in [-0.39, 0.29) is 12.5 Å². The lowest BCUT2D eigenvalue weighted by Crippen LogP contribution is -2.51. The summed E-state index contributed by atoms with van der Waals surface area (Å²) < 4.78 is 1.66. The number of nitrogens with two attached hydrogens (primary N) is 1. The van der Waals surface area contributed by atoms with Crippen molar-refractivity contribution in [3.8, 4) is 0 Å². The van der Waals surface area contributed by atoms with E-state index in [0.29, 0.717) is 24.3 Å². The Labute approximate surface area is 127 Å². The van der Waals surface area contributed by atoms with Crippen LogP contribution in [0.4, 0.5) is 11.4 Å². The third-order valence-corrected chi connectivity index (χ3v) is 3.63. The number of hydrogen-bond acceptors (Lipinski definition) is 5. The third kappa shape index (κ3) is 2.50. The van der Waals surface area contributed by atoms with E-state index in [0.717, 1.165) is 5.69 Å². The standard InChI is InChI=1S/C14H16N6O2/c1-18-8-10(6-17-18)20-5-4-19(9-13(20)21)12-2-3-16-7-11(12)14(15)22/h2-3,6-8H,4-5,9H2,1H3,(H2,15,22). The van der Waals surface area contributed by atoms with Crippen molar-refractivity contribution in [2.24, 2.45) is 12.8 Å². The van der Waals surface area contributed by atoms with Crippen molar-refractivity contribution < 1.29 is 9.59 Å². The number of rotatable bonds is 3. The van der Waals surface area contributed by atoms with Crippen LogP contribution in [-0.4, -0.2) is 46.2 Å². The fraction of sp³-hybridized carbons (Fsp3) is 0.286. The Hall–Kier alpha value is -2.90. The molecule has 1 fully saturated rings. The van der Waals surface area contributed by atoms with Gasteiger partial charge in [-0.1, -0.05) is 0 Å². The Kier molecular flexibility index (Phi) is 3.50. The number of hydrogen-bond donors (Lipinski definition) is 1. The van der Waals surface area contributed by atoms with Crippen LogP contribution in [0.15, 0.2) is 30.9 Å². The molecule has 1 saturated heterocycles. The summed E-state index contributed by atoms with van der Waals surface area (Å²) in [5, 5.41) is 4.08. The molecule has 2 amide bonds. The van der Waals surface area contributed by atoms with Crippen LogP contribution >= 0.6 is 0 Å². The van der Waals surface area contributed by atoms with Gasteiger partial charge in [0.2, 0.25) is 5.91 Å². The van der Waals surface area contributed by atoms with Crippen LogP contribution in [0.3, 0.4) is 0 Å². The average molecular weight is 300 g/mol. The van der Waals surface area contributed by atoms with E-state index >= 15 is 0 Å². The fourth-order valence-corrected chi connectivity index (χ4v) is 2.55. The van der Waals surface area contributed by atoms with Gasteiger partial charge in [0.1, 0.15) is 0 Å². The number of aromatic nitrogens is 3. The van der Waals surface area contributed by atoms with Crippen molar-refractivity contribution in [1.82, 2.24) is 14.8 Å². The number of primary amides is 1. The van der Waals surface area contributed by atoms with Crippen molar-refractivity contribution in [2.45, 2.75) is 0 Å². The maximum atomic E-state index is 12.4. The van der Waals surface area contributed by atoms with Crippen molar-refractivity contribution in [1.29, 1.82) is 0 Å². The van der Waals surface area contributed by atoms with Gasteiger partial charge in [0.05, 0.1) is 29.7 Å². The maximum absolute atomic E-state index is 12.4. The molecule has 0 radical (unpaired) electrons. The van der Waals surface area contributed by atoms with Gasteiger partial charge in [-0.05, 0) is 6.07 Å². The summed E-state index contributed by atoms with van der Waals surface area (Å²) in [5.41, 5.74) is 7.10. The van der Waals surface area contributed by atoms with Crippen LogP contribution in [-0.2, 0) is 11.8 Å². The lowest BCUT2D eigenvalue weighted by Gasteiger charge is -2.35. The highest BCUT2D eigenvalue weighted by Gasteiger charge is 2.27. The van der Waals surface area contributed by atoms with Crippen molar-refractivity contribution >= 4 is 23.2 Å². The molecule has 8 heteroatoms. The Morgan fingerprint density at radius 1 is 1.32 bits per heavy atom. The summed E-state index contributed by atoms with van der Waals surface area (Å²) in [7, 11) is 1.81. The van der Waals surface area contributed by atoms with Crippen molar-refractivity contribution in [2.75, 3.05) is 29.4 Å². The molecule has 2 N–H and O–H groups in total. The Balaban J connectivity index is 1.81. The number of carbonyl (C=O) groups is 2. The first-order valence-corrected chi connectivity index (χ1v) is 6.84. The highest BCUT2D eigenvalue weighted by molar-refractivity contribution is 6.01. The molecular weight excluding hydrogens is 284 g/mol. The van der Waals surface area contributed by atoms with E-state index in [1.54, 1.807) is 41.3 Å². The summed E-state index contributed by atoms with van der Waals surface area (Å²) in [5.74, 6) is -0.600. The van der Waals surface area contributed by atoms with E-state index < -0.39 is 5.91 Å². The Bertz CT molecular complexity index is 726. The molecule has 3 heterocycles. The smallest absolute Gasteiger partial charge is 0.252 e. The lowest BCUT2D eigenvalue weighted by atomic mass is 10.1. The molecule has 0 atom stereocenters. The topological polar surface area (TPSA) is 97.4 Å². The average Bonchev–Trinajstić information content (AvgIpc) is 2.93. The van der Waals surface area contributed by atoms with Gasteiger partial charge < -0.3 is 15.5 Å². The van der Waals surface area contributed by atoms with Gasteiger partial charge in [-0.2, -0.15) is 5.10 Å². The summed E-state index contributed by atoms with van der Waals surface area (Å²) in [6.07, 6.45) is 6.47. The van der Waals surface area contributed by atoms with Crippen LogP contribution in [0, 0.1) is 0 Å². The minimum Gasteiger partial charge on any atom is -0.365 e. The van der Waals surface area contributed by atoms with E-state index in [1.807, 2.05) is 4.90 Å². The molecule has 2 aromatic rings. The summed E-state index contributed by atoms with van der Waals surface area (Å²) >= 11 is 0. The first-order valence-electron chi connectivity index (χ1n) is 6.84. The van der Waals surface area contributed by atoms with Gasteiger partial charge in [-0.15, -0.1) is 0 Å². The van der Waals surface area contributed by atoms with Gasteiger partial charge in [0, 0.05) is 38.7 Å². The molecule has 0 unspecified atom stereocenters. The largest absolute Gasteiger partial charge is 0.365 e. The second-order valence-corrected chi connectivity index (χ2v) is 5.10. The molecule has 114 valence electrons. The molecule has 0 aromatic carbocycles. The number of amides is 2. The van der Waals surface area contributed by atoms with Crippen LogP contribution in [0.25, 0.3) is 0 Å². The van der Waals surface area contributed by atoms with Crippen LogP contribution in [0.5, 0.6) is 0 Å². The van der Waals surface area contributed by atoms with E-state index in [9.17, 15) is 9.59 Å². The number of anilines is 2. The van der Waals surface area contributed by atoms with Gasteiger partial charge in [-0.3, -0.25) is 19.3 Å². The van der Waals surface area contributed by atoms with E-state index in [2.05, 4.69) is 10.1 Å². The zero-order valence-corrected chi connectivity index (χ0v) is 12.1. The molecular formula is C14H16N6O2. The number of nitrogens with zero attached hydrogens (tertiary/aromatic N) is 5. The molecule has 1 aliphatic heterocycles. The molecule has 3 rings (SSSR count). The Morgan fingerprint density at radius 3 is 2.77 bits per heavy atom. The van der Waals surface area contributed by atoms with Crippen LogP contribution in [0.2, 0.25) is 0 Å². The van der Waals surface area contributed by atoms with Crippen LogP contribution < -0.4 is 15.5 Å². The van der Waals surface area contributed by atoms with E-state index in [4.69, 9.17) is 5.73 Å². The summed E-state index contributed by atoms with van der Waals surface area (Å²) in [6, 6.07) is 1.70. The van der Waals surface area contributed by atoms with Crippen molar-refractivity contribution in [3.05, 3.63) is 36.4 Å². The fourth-order valence-electron chi connectivity index (χ4n) is 2.55. The summed E-state index contributed by atoms with van der Waals surface area (Å²) in [6.45, 7) is 1.30. The minimum absolute atomic E-state index is 0.0496. The normalized spacial score (nSPS) is 15.2. The molecule has 2 aromatic heterocycles. The predicted octanol–water partition coefficient (Wildman–Crippen LogP) is -0.233. The number of aryl methyl sites for hydroxylation is 1. The van der Waals surface area contributed by atoms with Gasteiger partial charge in [0.15, 0.2) is 0 Å². The van der Waals surface area contributed by atoms with Gasteiger partial charge in [0.25, 0.3) is 5.91 Å². The first kappa shape index (κ1) is 14.1. The molecule has 0 spiro atoms. The zero-order valence-electron chi connectivity index (χ0n) is 12.1. The monoisotopic (exact) mass is 300 g/mol. The third-order valence-electron chi connectivity index (χ3n) is 3.63. The number of piperazine rings is 1. The Morgan fingerprint density at radius 2 is 2.14 bits per heavy atom. The van der Waals surface area contributed by atoms with E-state index in [1.165, 1.54) is 6.20 Å². The number of pyridine rings is 1. The SMILES string of the molecule is Cn1cc(N2CCN(c3ccncc3C(N)=O)CC2=O)cn1. The molecule has 0 aliphatic carbocycles. The summed E-state index contributed by atoms with van der Waals surface area (Å²) in [4.78, 5) is 31.3. The first-order chi connectivity index (χ1) is 10.6. The van der Waals surface area contributed by atoms with Gasteiger partial charge in [-0.25, -0.2) is 0 Å². The maximum Gasteiger partial charge on any atom is 0.252 e. The van der Waals surface area contributed by atoms with Crippen LogP contribution in [0.1, 0.15) is 10.4 Å². The quantitative estimate of drug-likeness (QED) is 0.844. The molecule has 0 bridgehead atoms. The minimum atomic E-state index is -0.551. The predicted molar refractivity (Wildman–Crippen MR) is 80.5 cm³/mol. The molecule has 0 saturated carbocycles. The zero-order chi connectivity index (χ0) is 15.7. The second kappa shape index (κ2) is 5.47. The molecule has 1 aliphatic rings. The number of carbonyl (C=O) groups excluding carboxylic acids is 2. The molecule has 22 heavy (non-hydrogen) atoms. The lowest BCUT2D eigenvalue weighted by molar-refractivity contribution is -0.117. The van der Waals surface area contributed by atoms with Gasteiger partial charge >= 0.3 is 0 Å². The highest BCUT2D eigenvalue weighted by Crippen LogP contribution is 2.23. The van der Waals surface area contributed by atoms with Crippen molar-refractivity contribution in [3.63, 3.8) is 0 Å².